The lowest BCUT2D eigenvalue weighted by atomic mass is 10.1. The van der Waals surface area contributed by atoms with Gasteiger partial charge in [0.25, 0.3) is 0 Å². The number of aliphatic hydroxyl groups is 1. The summed E-state index contributed by atoms with van der Waals surface area (Å²) in [6, 6.07) is 2.04. The zero-order valence-electron chi connectivity index (χ0n) is 9.14. The topological polar surface area (TPSA) is 74.7 Å². The lowest BCUT2D eigenvalue weighted by Gasteiger charge is -2.07. The van der Waals surface area contributed by atoms with Crippen molar-refractivity contribution >= 4 is 0 Å². The van der Waals surface area contributed by atoms with Crippen molar-refractivity contribution in [3.63, 3.8) is 0 Å². The number of nitriles is 1. The van der Waals surface area contributed by atoms with E-state index in [0.29, 0.717) is 24.6 Å². The van der Waals surface area contributed by atoms with Crippen LogP contribution in [-0.2, 0) is 13.0 Å². The fourth-order valence-electron chi connectivity index (χ4n) is 1.41. The molecule has 1 heterocycles. The molecule has 0 aliphatic carbocycles. The van der Waals surface area contributed by atoms with Gasteiger partial charge in [0.2, 0.25) is 0 Å². The molecule has 15 heavy (non-hydrogen) atoms. The second-order valence-corrected chi connectivity index (χ2v) is 3.89. The first-order chi connectivity index (χ1) is 7.19. The Morgan fingerprint density at radius 1 is 1.53 bits per heavy atom. The number of nitrogens with zero attached hydrogens (tertiary/aromatic N) is 4. The Kier molecular flexibility index (Phi) is 4.25. The Bertz CT molecular complexity index is 351. The predicted octanol–water partition coefficient (Wildman–Crippen LogP) is 0.731. The molecule has 1 N–H and O–H groups in total. The van der Waals surface area contributed by atoms with Gasteiger partial charge in [-0.1, -0.05) is 19.1 Å². The zero-order valence-corrected chi connectivity index (χ0v) is 9.14. The van der Waals surface area contributed by atoms with Crippen molar-refractivity contribution in [2.24, 2.45) is 5.92 Å². The van der Waals surface area contributed by atoms with Crippen molar-refractivity contribution in [1.82, 2.24) is 15.0 Å². The summed E-state index contributed by atoms with van der Waals surface area (Å²) in [7, 11) is 0. The van der Waals surface area contributed by atoms with Crippen molar-refractivity contribution < 1.29 is 5.11 Å². The van der Waals surface area contributed by atoms with Crippen molar-refractivity contribution in [2.45, 2.75) is 33.2 Å². The molecule has 1 rings (SSSR count). The van der Waals surface area contributed by atoms with Crippen LogP contribution in [0.1, 0.15) is 31.7 Å². The van der Waals surface area contributed by atoms with Crippen molar-refractivity contribution in [3.05, 3.63) is 11.4 Å². The average Bonchev–Trinajstić information content (AvgIpc) is 2.57. The highest BCUT2D eigenvalue weighted by Gasteiger charge is 2.13. The SMILES string of the molecule is CC(C)Cc1c(C#N)nnn1CCCO. The fourth-order valence-corrected chi connectivity index (χ4v) is 1.41. The van der Waals surface area contributed by atoms with Gasteiger partial charge in [-0.05, 0) is 18.8 Å². The number of aryl methyl sites for hydroxylation is 1. The second-order valence-electron chi connectivity index (χ2n) is 3.89. The van der Waals surface area contributed by atoms with E-state index >= 15 is 0 Å². The molecule has 0 aromatic carbocycles. The molecule has 0 saturated heterocycles. The van der Waals surface area contributed by atoms with Crippen LogP contribution in [0.3, 0.4) is 0 Å². The first kappa shape index (κ1) is 11.7. The summed E-state index contributed by atoms with van der Waals surface area (Å²) < 4.78 is 1.72. The van der Waals surface area contributed by atoms with Crippen LogP contribution in [0, 0.1) is 17.2 Å². The lowest BCUT2D eigenvalue weighted by Crippen LogP contribution is -2.09. The van der Waals surface area contributed by atoms with Gasteiger partial charge in [0, 0.05) is 13.2 Å². The van der Waals surface area contributed by atoms with E-state index in [1.165, 1.54) is 0 Å². The molecule has 0 spiro atoms. The first-order valence-corrected chi connectivity index (χ1v) is 5.12. The monoisotopic (exact) mass is 208 g/mol. The van der Waals surface area contributed by atoms with Gasteiger partial charge in [0.05, 0.1) is 5.69 Å². The molecule has 1 aromatic rings. The second kappa shape index (κ2) is 5.47. The van der Waals surface area contributed by atoms with E-state index in [-0.39, 0.29) is 6.61 Å². The Hall–Kier alpha value is -1.41. The third kappa shape index (κ3) is 3.03. The summed E-state index contributed by atoms with van der Waals surface area (Å²) in [5.74, 6) is 0.462. The molecule has 0 bridgehead atoms. The Balaban J connectivity index is 2.86. The van der Waals surface area contributed by atoms with E-state index < -0.39 is 0 Å². The first-order valence-electron chi connectivity index (χ1n) is 5.12. The molecule has 0 unspecified atom stereocenters. The maximum atomic E-state index is 8.85. The van der Waals surface area contributed by atoms with Crippen LogP contribution < -0.4 is 0 Å². The Morgan fingerprint density at radius 3 is 2.80 bits per heavy atom. The third-order valence-electron chi connectivity index (χ3n) is 2.07. The molecule has 0 aliphatic heterocycles. The molecule has 0 amide bonds. The molecular formula is C10H16N4O. The molecular weight excluding hydrogens is 192 g/mol. The zero-order chi connectivity index (χ0) is 11.3. The number of aliphatic hydroxyl groups excluding tert-OH is 1. The number of aromatic nitrogens is 3. The molecule has 5 nitrogen and oxygen atoms in total. The van der Waals surface area contributed by atoms with E-state index in [4.69, 9.17) is 10.4 Å². The van der Waals surface area contributed by atoms with Crippen LogP contribution in [0.4, 0.5) is 0 Å². The van der Waals surface area contributed by atoms with Gasteiger partial charge in [-0.3, -0.25) is 0 Å². The minimum Gasteiger partial charge on any atom is -0.396 e. The van der Waals surface area contributed by atoms with E-state index in [9.17, 15) is 0 Å². The van der Waals surface area contributed by atoms with Gasteiger partial charge in [-0.15, -0.1) is 5.10 Å². The number of rotatable bonds is 5. The third-order valence-corrected chi connectivity index (χ3v) is 2.07. The summed E-state index contributed by atoms with van der Waals surface area (Å²) in [6.45, 7) is 4.92. The highest BCUT2D eigenvalue weighted by Crippen LogP contribution is 2.11. The Morgan fingerprint density at radius 2 is 2.27 bits per heavy atom. The summed E-state index contributed by atoms with van der Waals surface area (Å²) in [6.07, 6.45) is 1.43. The van der Waals surface area contributed by atoms with E-state index in [1.54, 1.807) is 4.68 Å². The van der Waals surface area contributed by atoms with Crippen LogP contribution in [0.15, 0.2) is 0 Å². The van der Waals surface area contributed by atoms with E-state index in [0.717, 1.165) is 12.1 Å². The molecule has 0 fully saturated rings. The molecule has 0 atom stereocenters. The van der Waals surface area contributed by atoms with Crippen LogP contribution >= 0.6 is 0 Å². The maximum absolute atomic E-state index is 8.85. The largest absolute Gasteiger partial charge is 0.396 e. The fraction of sp³-hybridized carbons (Fsp3) is 0.700. The summed E-state index contributed by atoms with van der Waals surface area (Å²) >= 11 is 0. The standard InChI is InChI=1S/C10H16N4O/c1-8(2)6-10-9(7-11)12-13-14(10)4-3-5-15/h8,15H,3-6H2,1-2H3. The molecule has 0 aliphatic rings. The van der Waals surface area contributed by atoms with Crippen molar-refractivity contribution in [3.8, 4) is 6.07 Å². The van der Waals surface area contributed by atoms with Crippen LogP contribution in [0.25, 0.3) is 0 Å². The van der Waals surface area contributed by atoms with Gasteiger partial charge >= 0.3 is 0 Å². The minimum absolute atomic E-state index is 0.128. The highest BCUT2D eigenvalue weighted by molar-refractivity contribution is 5.24. The van der Waals surface area contributed by atoms with Crippen LogP contribution in [0.5, 0.6) is 0 Å². The quantitative estimate of drug-likeness (QED) is 0.774. The van der Waals surface area contributed by atoms with Crippen molar-refractivity contribution in [1.29, 1.82) is 5.26 Å². The van der Waals surface area contributed by atoms with E-state index in [2.05, 4.69) is 24.2 Å². The lowest BCUT2D eigenvalue weighted by molar-refractivity contribution is 0.275. The summed E-state index contributed by atoms with van der Waals surface area (Å²) in [4.78, 5) is 0. The molecule has 1 aromatic heterocycles. The summed E-state index contributed by atoms with van der Waals surface area (Å²) in [5, 5.41) is 25.3. The number of hydrogen-bond donors (Lipinski definition) is 1. The number of hydrogen-bond acceptors (Lipinski definition) is 4. The van der Waals surface area contributed by atoms with Gasteiger partial charge in [-0.2, -0.15) is 5.26 Å². The van der Waals surface area contributed by atoms with Gasteiger partial charge in [0.1, 0.15) is 6.07 Å². The van der Waals surface area contributed by atoms with Gasteiger partial charge < -0.3 is 5.11 Å². The maximum Gasteiger partial charge on any atom is 0.185 e. The smallest absolute Gasteiger partial charge is 0.185 e. The van der Waals surface area contributed by atoms with Gasteiger partial charge in [0.15, 0.2) is 5.69 Å². The highest BCUT2D eigenvalue weighted by atomic mass is 16.3. The normalized spacial score (nSPS) is 10.6. The molecule has 82 valence electrons. The molecule has 0 saturated carbocycles. The minimum atomic E-state index is 0.128. The van der Waals surface area contributed by atoms with Gasteiger partial charge in [-0.25, -0.2) is 4.68 Å². The average molecular weight is 208 g/mol. The van der Waals surface area contributed by atoms with Crippen molar-refractivity contribution in [2.75, 3.05) is 6.61 Å². The van der Waals surface area contributed by atoms with Crippen LogP contribution in [0.2, 0.25) is 0 Å². The van der Waals surface area contributed by atoms with E-state index in [1.807, 2.05) is 6.07 Å². The molecule has 5 heteroatoms. The Labute approximate surface area is 89.3 Å². The van der Waals surface area contributed by atoms with Crippen LogP contribution in [-0.4, -0.2) is 26.7 Å². The predicted molar refractivity (Wildman–Crippen MR) is 55.0 cm³/mol. The molecule has 0 radical (unpaired) electrons. The summed E-state index contributed by atoms with van der Waals surface area (Å²) in [5.41, 5.74) is 1.28.